The Balaban J connectivity index is 1.14. The van der Waals surface area contributed by atoms with Crippen LogP contribution in [-0.2, 0) is 0 Å². The summed E-state index contributed by atoms with van der Waals surface area (Å²) in [4.78, 5) is 2.39. The minimum Gasteiger partial charge on any atom is -0.310 e. The minimum absolute atomic E-state index is 1.10. The summed E-state index contributed by atoms with van der Waals surface area (Å²) in [5, 5.41) is 7.62. The summed E-state index contributed by atoms with van der Waals surface area (Å²) in [6, 6.07) is 81.4. The fraction of sp³-hybridized carbons (Fsp3) is 0. The Morgan fingerprint density at radius 1 is 0.255 bits per heavy atom. The second-order valence-electron chi connectivity index (χ2n) is 14.1. The standard InChI is InChI=1S/C54H37N/c1-4-15-38(16-5-1)42-21-14-22-43(35-42)39-27-31-47(32-28-39)55(46-23-8-3-9-24-46)53-34-30-45(37-52(53)40-17-6-2-7-18-40)51-36-44-20-11-13-26-49(44)54-48-25-12-10-19-41(48)29-33-50(51)54/h1-37H. The normalized spacial score (nSPS) is 11.3. The summed E-state index contributed by atoms with van der Waals surface area (Å²) >= 11 is 0. The molecule has 0 atom stereocenters. The topological polar surface area (TPSA) is 3.24 Å². The fourth-order valence-corrected chi connectivity index (χ4v) is 8.17. The summed E-state index contributed by atoms with van der Waals surface area (Å²) in [6.45, 7) is 0. The second-order valence-corrected chi connectivity index (χ2v) is 14.1. The van der Waals surface area contributed by atoms with E-state index in [2.05, 4.69) is 229 Å². The Hall–Kier alpha value is -7.22. The highest BCUT2D eigenvalue weighted by Gasteiger charge is 2.20. The highest BCUT2D eigenvalue weighted by atomic mass is 15.1. The second kappa shape index (κ2) is 14.0. The quantitative estimate of drug-likeness (QED) is 0.150. The van der Waals surface area contributed by atoms with Crippen LogP contribution in [-0.4, -0.2) is 0 Å². The molecule has 0 bridgehead atoms. The van der Waals surface area contributed by atoms with E-state index in [0.717, 1.165) is 17.1 Å². The van der Waals surface area contributed by atoms with Crippen LogP contribution >= 0.6 is 0 Å². The van der Waals surface area contributed by atoms with Gasteiger partial charge in [0.1, 0.15) is 0 Å². The molecule has 0 unspecified atom stereocenters. The van der Waals surface area contributed by atoms with E-state index >= 15 is 0 Å². The van der Waals surface area contributed by atoms with Crippen LogP contribution in [0, 0.1) is 0 Å². The van der Waals surface area contributed by atoms with Crippen LogP contribution < -0.4 is 4.90 Å². The molecule has 0 aliphatic heterocycles. The van der Waals surface area contributed by atoms with Gasteiger partial charge in [-0.3, -0.25) is 0 Å². The molecule has 0 saturated carbocycles. The van der Waals surface area contributed by atoms with Crippen molar-refractivity contribution in [1.29, 1.82) is 0 Å². The number of benzene rings is 10. The smallest absolute Gasteiger partial charge is 0.0540 e. The third kappa shape index (κ3) is 6.02. The third-order valence-corrected chi connectivity index (χ3v) is 10.8. The van der Waals surface area contributed by atoms with Crippen LogP contribution in [0.1, 0.15) is 0 Å². The van der Waals surface area contributed by atoms with Gasteiger partial charge in [0.2, 0.25) is 0 Å². The number of anilines is 3. The third-order valence-electron chi connectivity index (χ3n) is 10.8. The molecule has 10 aromatic carbocycles. The molecule has 0 spiro atoms. The van der Waals surface area contributed by atoms with Gasteiger partial charge in [-0.1, -0.05) is 176 Å². The summed E-state index contributed by atoms with van der Waals surface area (Å²) < 4.78 is 0. The molecule has 0 amide bonds. The minimum atomic E-state index is 1.10. The molecule has 0 aromatic heterocycles. The summed E-state index contributed by atoms with van der Waals surface area (Å²) in [5.74, 6) is 0. The first-order chi connectivity index (χ1) is 27.3. The van der Waals surface area contributed by atoms with Gasteiger partial charge in [-0.25, -0.2) is 0 Å². The molecule has 1 nitrogen and oxygen atoms in total. The Labute approximate surface area is 322 Å². The van der Waals surface area contributed by atoms with Crippen LogP contribution in [0.3, 0.4) is 0 Å². The molecule has 0 fully saturated rings. The zero-order chi connectivity index (χ0) is 36.6. The summed E-state index contributed by atoms with van der Waals surface area (Å²) in [5.41, 5.74) is 12.9. The van der Waals surface area contributed by atoms with Crippen molar-refractivity contribution in [2.45, 2.75) is 0 Å². The molecule has 258 valence electrons. The van der Waals surface area contributed by atoms with Crippen molar-refractivity contribution in [3.8, 4) is 44.5 Å². The maximum atomic E-state index is 2.39. The number of nitrogens with zero attached hydrogens (tertiary/aromatic N) is 1. The fourth-order valence-electron chi connectivity index (χ4n) is 8.17. The first-order valence-corrected chi connectivity index (χ1v) is 18.9. The zero-order valence-electron chi connectivity index (χ0n) is 30.3. The van der Waals surface area contributed by atoms with E-state index in [9.17, 15) is 0 Å². The van der Waals surface area contributed by atoms with Gasteiger partial charge >= 0.3 is 0 Å². The van der Waals surface area contributed by atoms with Crippen molar-refractivity contribution >= 4 is 49.4 Å². The van der Waals surface area contributed by atoms with Gasteiger partial charge in [-0.05, 0) is 120 Å². The van der Waals surface area contributed by atoms with Crippen molar-refractivity contribution in [3.05, 3.63) is 224 Å². The van der Waals surface area contributed by atoms with E-state index in [4.69, 9.17) is 0 Å². The lowest BCUT2D eigenvalue weighted by Gasteiger charge is -2.28. The average Bonchev–Trinajstić information content (AvgIpc) is 3.27. The summed E-state index contributed by atoms with van der Waals surface area (Å²) in [6.07, 6.45) is 0. The molecule has 0 aliphatic carbocycles. The molecule has 0 N–H and O–H groups in total. The van der Waals surface area contributed by atoms with Gasteiger partial charge in [0, 0.05) is 16.9 Å². The zero-order valence-corrected chi connectivity index (χ0v) is 30.3. The number of para-hydroxylation sites is 1. The molecule has 10 aromatic rings. The van der Waals surface area contributed by atoms with Crippen molar-refractivity contribution in [2.24, 2.45) is 0 Å². The maximum Gasteiger partial charge on any atom is 0.0540 e. The molecule has 10 rings (SSSR count). The highest BCUT2D eigenvalue weighted by Crippen LogP contribution is 2.45. The number of rotatable bonds is 7. The van der Waals surface area contributed by atoms with Crippen molar-refractivity contribution in [2.75, 3.05) is 4.90 Å². The van der Waals surface area contributed by atoms with Crippen LogP contribution in [0.2, 0.25) is 0 Å². The Morgan fingerprint density at radius 3 is 1.49 bits per heavy atom. The van der Waals surface area contributed by atoms with E-state index in [0.29, 0.717) is 0 Å². The highest BCUT2D eigenvalue weighted by molar-refractivity contribution is 6.24. The lowest BCUT2D eigenvalue weighted by atomic mass is 9.89. The van der Waals surface area contributed by atoms with Crippen LogP contribution in [0.5, 0.6) is 0 Å². The van der Waals surface area contributed by atoms with Crippen molar-refractivity contribution in [1.82, 2.24) is 0 Å². The molecule has 55 heavy (non-hydrogen) atoms. The van der Waals surface area contributed by atoms with Gasteiger partial charge in [0.15, 0.2) is 0 Å². The largest absolute Gasteiger partial charge is 0.310 e. The molecular weight excluding hydrogens is 663 g/mol. The van der Waals surface area contributed by atoms with E-state index < -0.39 is 0 Å². The molecule has 0 heterocycles. The van der Waals surface area contributed by atoms with Gasteiger partial charge in [-0.2, -0.15) is 0 Å². The first kappa shape index (κ1) is 32.4. The molecule has 0 saturated heterocycles. The lowest BCUT2D eigenvalue weighted by Crippen LogP contribution is -2.11. The monoisotopic (exact) mass is 699 g/mol. The molecular formula is C54H37N. The summed E-state index contributed by atoms with van der Waals surface area (Å²) in [7, 11) is 0. The van der Waals surface area contributed by atoms with E-state index in [-0.39, 0.29) is 0 Å². The van der Waals surface area contributed by atoms with Crippen LogP contribution in [0.4, 0.5) is 17.1 Å². The van der Waals surface area contributed by atoms with Gasteiger partial charge in [0.25, 0.3) is 0 Å². The van der Waals surface area contributed by atoms with E-state index in [1.54, 1.807) is 0 Å². The number of fused-ring (bicyclic) bond motifs is 5. The first-order valence-electron chi connectivity index (χ1n) is 18.9. The van der Waals surface area contributed by atoms with Crippen molar-refractivity contribution < 1.29 is 0 Å². The predicted molar refractivity (Wildman–Crippen MR) is 235 cm³/mol. The molecule has 0 radical (unpaired) electrons. The number of hydrogen-bond acceptors (Lipinski definition) is 1. The van der Waals surface area contributed by atoms with Crippen molar-refractivity contribution in [3.63, 3.8) is 0 Å². The van der Waals surface area contributed by atoms with Crippen LogP contribution in [0.15, 0.2) is 224 Å². The molecule has 1 heteroatoms. The average molecular weight is 700 g/mol. The van der Waals surface area contributed by atoms with E-state index in [1.165, 1.54) is 76.8 Å². The maximum absolute atomic E-state index is 2.39. The molecule has 0 aliphatic rings. The lowest BCUT2D eigenvalue weighted by molar-refractivity contribution is 1.28. The SMILES string of the molecule is c1ccc(-c2cccc(-c3ccc(N(c4ccccc4)c4ccc(-c5cc6ccccc6c6c5ccc5ccccc56)cc4-c4ccccc4)cc3)c2)cc1. The Morgan fingerprint density at radius 2 is 0.782 bits per heavy atom. The Bertz CT molecular complexity index is 2930. The van der Waals surface area contributed by atoms with Gasteiger partial charge < -0.3 is 4.90 Å². The predicted octanol–water partition coefficient (Wildman–Crippen LogP) is 15.3. The number of hydrogen-bond donors (Lipinski definition) is 0. The van der Waals surface area contributed by atoms with Crippen LogP contribution in [0.25, 0.3) is 76.8 Å². The van der Waals surface area contributed by atoms with E-state index in [1.807, 2.05) is 0 Å². The Kier molecular flexibility index (Phi) is 8.24. The van der Waals surface area contributed by atoms with Gasteiger partial charge in [-0.15, -0.1) is 0 Å². The van der Waals surface area contributed by atoms with Gasteiger partial charge in [0.05, 0.1) is 5.69 Å².